The van der Waals surface area contributed by atoms with Crippen molar-refractivity contribution in [3.63, 3.8) is 0 Å². The molecule has 1 aliphatic rings. The molecule has 2 N–H and O–H groups in total. The molecular weight excluding hydrogens is 313 g/mol. The molecule has 1 heterocycles. The lowest BCUT2D eigenvalue weighted by Gasteiger charge is -2.26. The van der Waals surface area contributed by atoms with Crippen LogP contribution in [0.15, 0.2) is 18.2 Å². The number of benzene rings is 1. The molecule has 2 rings (SSSR count). The summed E-state index contributed by atoms with van der Waals surface area (Å²) in [4.78, 5) is 23.7. The Bertz CT molecular complexity index is 531. The topological polar surface area (TPSA) is 61.4 Å². The highest BCUT2D eigenvalue weighted by atomic mass is 35.5. The zero-order chi connectivity index (χ0) is 15.2. The summed E-state index contributed by atoms with van der Waals surface area (Å²) in [5.41, 5.74) is 3.15. The molecule has 0 spiro atoms. The van der Waals surface area contributed by atoms with Gasteiger partial charge in [-0.05, 0) is 31.0 Å². The van der Waals surface area contributed by atoms with Crippen molar-refractivity contribution in [1.82, 2.24) is 15.8 Å². The molecule has 0 bridgehead atoms. The van der Waals surface area contributed by atoms with Crippen molar-refractivity contribution in [2.45, 2.75) is 19.3 Å². The Morgan fingerprint density at radius 1 is 1.10 bits per heavy atom. The maximum atomic E-state index is 11.9. The predicted octanol–water partition coefficient (Wildman–Crippen LogP) is 2.24. The first kappa shape index (κ1) is 16.1. The number of nitrogens with zero attached hydrogens (tertiary/aromatic N) is 1. The number of carbonyl (C=O) groups excluding carboxylic acids is 2. The molecule has 0 radical (unpaired) electrons. The average Bonchev–Trinajstić information content (AvgIpc) is 2.48. The van der Waals surface area contributed by atoms with Crippen LogP contribution in [0.2, 0.25) is 10.0 Å². The molecular formula is C14H17Cl2N3O2. The minimum Gasteiger partial charge on any atom is -0.343 e. The van der Waals surface area contributed by atoms with Gasteiger partial charge >= 0.3 is 0 Å². The summed E-state index contributed by atoms with van der Waals surface area (Å²) in [7, 11) is 0. The Hall–Kier alpha value is -1.30. The zero-order valence-electron chi connectivity index (χ0n) is 11.5. The van der Waals surface area contributed by atoms with Crippen LogP contribution < -0.4 is 10.7 Å². The number of nitrogens with one attached hydrogen (secondary N) is 2. The quantitative estimate of drug-likeness (QED) is 0.890. The molecule has 1 aliphatic heterocycles. The Kier molecular flexibility index (Phi) is 5.85. The van der Waals surface area contributed by atoms with Crippen molar-refractivity contribution in [1.29, 1.82) is 0 Å². The van der Waals surface area contributed by atoms with Crippen molar-refractivity contribution >= 4 is 35.0 Å². The van der Waals surface area contributed by atoms with E-state index in [2.05, 4.69) is 10.7 Å². The van der Waals surface area contributed by atoms with E-state index in [1.165, 1.54) is 12.5 Å². The predicted molar refractivity (Wildman–Crippen MR) is 82.4 cm³/mol. The van der Waals surface area contributed by atoms with E-state index >= 15 is 0 Å². The van der Waals surface area contributed by atoms with Gasteiger partial charge in [-0.3, -0.25) is 15.0 Å². The van der Waals surface area contributed by atoms with E-state index in [4.69, 9.17) is 23.2 Å². The van der Waals surface area contributed by atoms with Crippen LogP contribution in [0, 0.1) is 0 Å². The number of hydrogen-bond donors (Lipinski definition) is 2. The molecule has 0 unspecified atom stereocenters. The molecule has 1 aromatic carbocycles. The van der Waals surface area contributed by atoms with Gasteiger partial charge in [0.2, 0.25) is 0 Å². The van der Waals surface area contributed by atoms with Gasteiger partial charge in [0.1, 0.15) is 0 Å². The van der Waals surface area contributed by atoms with Gasteiger partial charge in [0.15, 0.2) is 0 Å². The van der Waals surface area contributed by atoms with Gasteiger partial charge in [-0.25, -0.2) is 5.01 Å². The van der Waals surface area contributed by atoms with Crippen LogP contribution in [0.3, 0.4) is 0 Å². The first-order chi connectivity index (χ1) is 10.1. The third-order valence-electron chi connectivity index (χ3n) is 3.23. The van der Waals surface area contributed by atoms with E-state index < -0.39 is 0 Å². The normalized spacial score (nSPS) is 15.5. The van der Waals surface area contributed by atoms with Crippen molar-refractivity contribution in [3.05, 3.63) is 33.8 Å². The van der Waals surface area contributed by atoms with E-state index in [9.17, 15) is 9.59 Å². The summed E-state index contributed by atoms with van der Waals surface area (Å²) in [6.45, 7) is 1.63. The Labute approximate surface area is 133 Å². The van der Waals surface area contributed by atoms with Crippen molar-refractivity contribution in [2.75, 3.05) is 19.6 Å². The number of halogens is 2. The SMILES string of the molecule is O=C(CNC(=O)c1ccc(Cl)c(Cl)c1)NN1CCCCC1. The summed E-state index contributed by atoms with van der Waals surface area (Å²) in [6, 6.07) is 4.58. The summed E-state index contributed by atoms with van der Waals surface area (Å²) >= 11 is 11.6. The zero-order valence-corrected chi connectivity index (χ0v) is 13.0. The molecule has 0 aromatic heterocycles. The molecule has 114 valence electrons. The van der Waals surface area contributed by atoms with E-state index in [1.807, 2.05) is 5.01 Å². The van der Waals surface area contributed by atoms with Crippen LogP contribution in [-0.2, 0) is 4.79 Å². The molecule has 0 saturated carbocycles. The van der Waals surface area contributed by atoms with E-state index in [0.29, 0.717) is 15.6 Å². The second kappa shape index (κ2) is 7.64. The van der Waals surface area contributed by atoms with Crippen LogP contribution >= 0.6 is 23.2 Å². The second-order valence-electron chi connectivity index (χ2n) is 4.89. The number of amides is 2. The highest BCUT2D eigenvalue weighted by Crippen LogP contribution is 2.22. The monoisotopic (exact) mass is 329 g/mol. The van der Waals surface area contributed by atoms with Gasteiger partial charge in [-0.15, -0.1) is 0 Å². The Morgan fingerprint density at radius 2 is 1.81 bits per heavy atom. The highest BCUT2D eigenvalue weighted by molar-refractivity contribution is 6.42. The number of rotatable bonds is 4. The molecule has 0 aliphatic carbocycles. The third kappa shape index (κ3) is 4.88. The summed E-state index contributed by atoms with van der Waals surface area (Å²) in [5, 5.41) is 5.13. The van der Waals surface area contributed by atoms with Crippen molar-refractivity contribution < 1.29 is 9.59 Å². The van der Waals surface area contributed by atoms with Crippen molar-refractivity contribution in [2.24, 2.45) is 0 Å². The standard InChI is InChI=1S/C14H17Cl2N3O2/c15-11-5-4-10(8-12(11)16)14(21)17-9-13(20)18-19-6-2-1-3-7-19/h4-5,8H,1-3,6-7,9H2,(H,17,21)(H,18,20). The maximum absolute atomic E-state index is 11.9. The van der Waals surface area contributed by atoms with E-state index in [1.54, 1.807) is 12.1 Å². The molecule has 2 amide bonds. The minimum absolute atomic E-state index is 0.0738. The number of carbonyl (C=O) groups is 2. The lowest BCUT2D eigenvalue weighted by Crippen LogP contribution is -2.48. The van der Waals surface area contributed by atoms with Crippen LogP contribution in [0.25, 0.3) is 0 Å². The largest absolute Gasteiger partial charge is 0.343 e. The molecule has 21 heavy (non-hydrogen) atoms. The van der Waals surface area contributed by atoms with Gasteiger partial charge in [-0.2, -0.15) is 0 Å². The number of piperidine rings is 1. The Balaban J connectivity index is 1.80. The van der Waals surface area contributed by atoms with Gasteiger partial charge in [0, 0.05) is 18.7 Å². The molecule has 7 heteroatoms. The third-order valence-corrected chi connectivity index (χ3v) is 3.97. The lowest BCUT2D eigenvalue weighted by molar-refractivity contribution is -0.125. The maximum Gasteiger partial charge on any atom is 0.253 e. The first-order valence-electron chi connectivity index (χ1n) is 6.84. The Morgan fingerprint density at radius 3 is 2.48 bits per heavy atom. The summed E-state index contributed by atoms with van der Waals surface area (Å²) < 4.78 is 0. The van der Waals surface area contributed by atoms with Gasteiger partial charge < -0.3 is 5.32 Å². The van der Waals surface area contributed by atoms with Gasteiger partial charge in [-0.1, -0.05) is 29.6 Å². The van der Waals surface area contributed by atoms with Crippen LogP contribution in [0.4, 0.5) is 0 Å². The fourth-order valence-corrected chi connectivity index (χ4v) is 2.42. The van der Waals surface area contributed by atoms with Gasteiger partial charge in [0.05, 0.1) is 16.6 Å². The molecule has 1 fully saturated rings. The summed E-state index contributed by atoms with van der Waals surface area (Å²) in [6.07, 6.45) is 3.35. The van der Waals surface area contributed by atoms with E-state index in [-0.39, 0.29) is 18.4 Å². The summed E-state index contributed by atoms with van der Waals surface area (Å²) in [5.74, 6) is -0.590. The van der Waals surface area contributed by atoms with Crippen molar-refractivity contribution in [3.8, 4) is 0 Å². The molecule has 1 saturated heterocycles. The number of hydrogen-bond acceptors (Lipinski definition) is 3. The van der Waals surface area contributed by atoms with Crippen LogP contribution in [0.1, 0.15) is 29.6 Å². The van der Waals surface area contributed by atoms with E-state index in [0.717, 1.165) is 25.9 Å². The smallest absolute Gasteiger partial charge is 0.253 e. The fourth-order valence-electron chi connectivity index (χ4n) is 2.12. The average molecular weight is 330 g/mol. The number of hydrazine groups is 1. The van der Waals surface area contributed by atoms with Gasteiger partial charge in [0.25, 0.3) is 11.8 Å². The molecule has 1 aromatic rings. The molecule has 0 atom stereocenters. The molecule has 5 nitrogen and oxygen atoms in total. The first-order valence-corrected chi connectivity index (χ1v) is 7.59. The second-order valence-corrected chi connectivity index (χ2v) is 5.71. The fraction of sp³-hybridized carbons (Fsp3) is 0.429. The van der Waals surface area contributed by atoms with Crippen LogP contribution in [0.5, 0.6) is 0 Å². The minimum atomic E-state index is -0.359. The highest BCUT2D eigenvalue weighted by Gasteiger charge is 2.14. The van der Waals surface area contributed by atoms with Crippen LogP contribution in [-0.4, -0.2) is 36.5 Å². The lowest BCUT2D eigenvalue weighted by atomic mass is 10.2.